The van der Waals surface area contributed by atoms with Crippen LogP contribution in [0.1, 0.15) is 32.6 Å². The van der Waals surface area contributed by atoms with Gasteiger partial charge in [0.1, 0.15) is 5.75 Å². The maximum Gasteiger partial charge on any atom is 0.416 e. The minimum atomic E-state index is -4.56. The van der Waals surface area contributed by atoms with Crippen LogP contribution in [0.25, 0.3) is 12.2 Å². The van der Waals surface area contributed by atoms with Crippen LogP contribution in [0.3, 0.4) is 0 Å². The molecule has 0 amide bonds. The minimum Gasteiger partial charge on any atom is -0.507 e. The van der Waals surface area contributed by atoms with Crippen molar-refractivity contribution >= 4 is 29.8 Å². The van der Waals surface area contributed by atoms with Crippen LogP contribution in [0.15, 0.2) is 70.9 Å². The van der Waals surface area contributed by atoms with E-state index in [1.807, 2.05) is 0 Å². The van der Waals surface area contributed by atoms with Crippen molar-refractivity contribution in [1.29, 1.82) is 0 Å². The van der Waals surface area contributed by atoms with E-state index in [0.717, 1.165) is 30.3 Å². The number of aromatic hydroxyl groups is 1. The lowest BCUT2D eigenvalue weighted by atomic mass is 10.1. The van der Waals surface area contributed by atoms with Gasteiger partial charge in [-0.3, -0.25) is 4.79 Å². The lowest BCUT2D eigenvalue weighted by Crippen LogP contribution is -2.04. The molecule has 0 atom stereocenters. The summed E-state index contributed by atoms with van der Waals surface area (Å²) in [5.74, 6) is -0.439. The molecule has 170 valence electrons. The molecule has 0 saturated carbocycles. The molecule has 0 heterocycles. The monoisotopic (exact) mass is 464 g/mol. The first-order chi connectivity index (χ1) is 15.5. The number of carbonyl (C=O) groups is 1. The molecule has 0 unspecified atom stereocenters. The van der Waals surface area contributed by atoms with Crippen LogP contribution in [-0.4, -0.2) is 11.4 Å². The van der Waals surface area contributed by atoms with Crippen molar-refractivity contribution in [3.05, 3.63) is 88.5 Å². The lowest BCUT2D eigenvalue weighted by Gasteiger charge is -2.07. The topological polar surface area (TPSA) is 62.0 Å². The third kappa shape index (κ3) is 6.06. The highest BCUT2D eigenvalue weighted by molar-refractivity contribution is 5.86. The van der Waals surface area contributed by atoms with Gasteiger partial charge in [-0.1, -0.05) is 30.4 Å². The maximum absolute atomic E-state index is 12.9. The van der Waals surface area contributed by atoms with Crippen molar-refractivity contribution in [2.24, 2.45) is 10.2 Å². The second kappa shape index (κ2) is 9.27. The Labute approximate surface area is 183 Å². The SMILES string of the molecule is O=Cc1cc(N=Nc2cccc(C(F)(F)F)c2)cc(C=Cc2cccc(C(F)(F)F)c2)c1O. The molecule has 0 radical (unpaired) electrons. The number of hydrogen-bond acceptors (Lipinski definition) is 4. The normalized spacial score (nSPS) is 12.5. The molecule has 0 aliphatic carbocycles. The van der Waals surface area contributed by atoms with E-state index in [1.54, 1.807) is 0 Å². The van der Waals surface area contributed by atoms with Gasteiger partial charge in [-0.2, -0.15) is 36.6 Å². The zero-order valence-corrected chi connectivity index (χ0v) is 16.5. The molecular weight excluding hydrogens is 450 g/mol. The Morgan fingerprint density at radius 1 is 0.697 bits per heavy atom. The fourth-order valence-electron chi connectivity index (χ4n) is 2.80. The molecule has 0 spiro atoms. The Kier molecular flexibility index (Phi) is 6.66. The van der Waals surface area contributed by atoms with Gasteiger partial charge in [-0.15, -0.1) is 0 Å². The van der Waals surface area contributed by atoms with Crippen molar-refractivity contribution in [2.75, 3.05) is 0 Å². The van der Waals surface area contributed by atoms with Crippen molar-refractivity contribution in [3.63, 3.8) is 0 Å². The van der Waals surface area contributed by atoms with Gasteiger partial charge in [0, 0.05) is 5.56 Å². The number of hydrogen-bond donors (Lipinski definition) is 1. The van der Waals surface area contributed by atoms with Gasteiger partial charge in [-0.05, 0) is 48.0 Å². The van der Waals surface area contributed by atoms with Crippen LogP contribution < -0.4 is 0 Å². The predicted molar refractivity (Wildman–Crippen MR) is 109 cm³/mol. The highest BCUT2D eigenvalue weighted by Crippen LogP contribution is 2.34. The molecule has 1 N–H and O–H groups in total. The van der Waals surface area contributed by atoms with Gasteiger partial charge in [0.25, 0.3) is 0 Å². The maximum atomic E-state index is 12.9. The molecule has 0 fully saturated rings. The van der Waals surface area contributed by atoms with E-state index in [1.165, 1.54) is 42.5 Å². The van der Waals surface area contributed by atoms with E-state index in [9.17, 15) is 36.2 Å². The summed E-state index contributed by atoms with van der Waals surface area (Å²) in [5.41, 5.74) is -1.77. The fourth-order valence-corrected chi connectivity index (χ4v) is 2.80. The second-order valence-electron chi connectivity index (χ2n) is 6.80. The number of halogens is 6. The molecular formula is C23H14F6N2O2. The Hall–Kier alpha value is -3.95. The summed E-state index contributed by atoms with van der Waals surface area (Å²) in [6.07, 6.45) is -6.18. The van der Waals surface area contributed by atoms with E-state index < -0.39 is 29.2 Å². The van der Waals surface area contributed by atoms with E-state index in [4.69, 9.17) is 0 Å². The van der Waals surface area contributed by atoms with Crippen molar-refractivity contribution in [3.8, 4) is 5.75 Å². The number of nitrogens with zero attached hydrogens (tertiary/aromatic N) is 2. The quantitative estimate of drug-likeness (QED) is 0.181. The molecule has 10 heteroatoms. The highest BCUT2D eigenvalue weighted by atomic mass is 19.4. The van der Waals surface area contributed by atoms with Crippen LogP contribution in [0.4, 0.5) is 37.7 Å². The number of azo groups is 1. The molecule has 4 nitrogen and oxygen atoms in total. The predicted octanol–water partition coefficient (Wildman–Crippen LogP) is 7.83. The molecule has 0 aliphatic heterocycles. The third-order valence-electron chi connectivity index (χ3n) is 4.40. The van der Waals surface area contributed by atoms with Crippen LogP contribution in [0.2, 0.25) is 0 Å². The number of rotatable bonds is 5. The third-order valence-corrected chi connectivity index (χ3v) is 4.40. The molecule has 0 aromatic heterocycles. The van der Waals surface area contributed by atoms with Crippen molar-refractivity contribution in [1.82, 2.24) is 0 Å². The highest BCUT2D eigenvalue weighted by Gasteiger charge is 2.31. The van der Waals surface area contributed by atoms with E-state index in [-0.39, 0.29) is 28.1 Å². The summed E-state index contributed by atoms with van der Waals surface area (Å²) in [4.78, 5) is 11.3. The average Bonchev–Trinajstić information content (AvgIpc) is 2.76. The standard InChI is InChI=1S/C23H14F6N2O2/c24-22(25,26)17-4-1-3-14(9-17)7-8-15-10-20(11-16(13-32)21(15)33)31-30-19-6-2-5-18(12-19)23(27,28)29/h1-13,33H. The van der Waals surface area contributed by atoms with Gasteiger partial charge in [-0.25, -0.2) is 0 Å². The number of phenols is 1. The van der Waals surface area contributed by atoms with E-state index in [2.05, 4.69) is 10.2 Å². The number of alkyl halides is 6. The van der Waals surface area contributed by atoms with Gasteiger partial charge >= 0.3 is 12.4 Å². The van der Waals surface area contributed by atoms with Crippen LogP contribution in [0, 0.1) is 0 Å². The zero-order chi connectivity index (χ0) is 24.2. The van der Waals surface area contributed by atoms with Gasteiger partial charge < -0.3 is 5.11 Å². The lowest BCUT2D eigenvalue weighted by molar-refractivity contribution is -0.138. The molecule has 33 heavy (non-hydrogen) atoms. The van der Waals surface area contributed by atoms with E-state index >= 15 is 0 Å². The molecule has 3 aromatic carbocycles. The number of phenolic OH excluding ortho intramolecular Hbond substituents is 1. The largest absolute Gasteiger partial charge is 0.507 e. The Bertz CT molecular complexity index is 1230. The number of aldehydes is 1. The minimum absolute atomic E-state index is 0.0380. The molecule has 3 aromatic rings. The van der Waals surface area contributed by atoms with Gasteiger partial charge in [0.2, 0.25) is 0 Å². The summed E-state index contributed by atoms with van der Waals surface area (Å²) in [6, 6.07) is 11.0. The number of carbonyl (C=O) groups excluding carboxylic acids is 1. The van der Waals surface area contributed by atoms with E-state index in [0.29, 0.717) is 6.29 Å². The summed E-state index contributed by atoms with van der Waals surface area (Å²) in [5, 5.41) is 17.8. The molecule has 0 saturated heterocycles. The van der Waals surface area contributed by atoms with Crippen molar-refractivity contribution < 1.29 is 36.2 Å². The average molecular weight is 464 g/mol. The summed E-state index contributed by atoms with van der Waals surface area (Å²) in [7, 11) is 0. The molecule has 0 bridgehead atoms. The van der Waals surface area contributed by atoms with Crippen LogP contribution >= 0.6 is 0 Å². The smallest absolute Gasteiger partial charge is 0.416 e. The molecule has 3 rings (SSSR count). The van der Waals surface area contributed by atoms with Gasteiger partial charge in [0.05, 0.1) is 28.1 Å². The summed E-state index contributed by atoms with van der Waals surface area (Å²) in [6.45, 7) is 0. The zero-order valence-electron chi connectivity index (χ0n) is 16.5. The summed E-state index contributed by atoms with van der Waals surface area (Å²) >= 11 is 0. The first-order valence-corrected chi connectivity index (χ1v) is 9.24. The molecule has 0 aliphatic rings. The first kappa shape index (κ1) is 23.7. The Morgan fingerprint density at radius 3 is 1.91 bits per heavy atom. The Balaban J connectivity index is 1.93. The van der Waals surface area contributed by atoms with Crippen LogP contribution in [-0.2, 0) is 12.4 Å². The number of benzene rings is 3. The van der Waals surface area contributed by atoms with Gasteiger partial charge in [0.15, 0.2) is 6.29 Å². The Morgan fingerprint density at radius 2 is 1.27 bits per heavy atom. The van der Waals surface area contributed by atoms with Crippen molar-refractivity contribution in [2.45, 2.75) is 12.4 Å². The summed E-state index contributed by atoms with van der Waals surface area (Å²) < 4.78 is 77.1. The second-order valence-corrected chi connectivity index (χ2v) is 6.80. The fraction of sp³-hybridized carbons (Fsp3) is 0.0870. The van der Waals surface area contributed by atoms with Crippen LogP contribution in [0.5, 0.6) is 5.75 Å². The first-order valence-electron chi connectivity index (χ1n) is 9.24.